The molecule has 164 valence electrons. The number of hydrogen-bond donors (Lipinski definition) is 1. The van der Waals surface area contributed by atoms with Gasteiger partial charge in [0.2, 0.25) is 5.88 Å². The standard InChI is InChI=1S/C20H13N7O6/c28-20(13-7-15(26(29)30)9-16(8-13)27(31)32)24-14-1-3-17(4-2-14)33-19-10-18(22-11-23-19)25-6-5-21-12-25/h1-12H,(H,24,28). The number of nitrogens with zero attached hydrogens (tertiary/aromatic N) is 6. The maximum absolute atomic E-state index is 12.5. The van der Waals surface area contributed by atoms with Crippen LogP contribution in [0.2, 0.25) is 0 Å². The van der Waals surface area contributed by atoms with E-state index in [1.54, 1.807) is 41.5 Å². The molecule has 1 amide bonds. The maximum atomic E-state index is 12.5. The number of ether oxygens (including phenoxy) is 1. The lowest BCUT2D eigenvalue weighted by atomic mass is 10.1. The van der Waals surface area contributed by atoms with Gasteiger partial charge in [-0.1, -0.05) is 0 Å². The number of benzene rings is 2. The first-order chi connectivity index (χ1) is 15.9. The highest BCUT2D eigenvalue weighted by Gasteiger charge is 2.20. The van der Waals surface area contributed by atoms with Crippen LogP contribution in [-0.2, 0) is 0 Å². The van der Waals surface area contributed by atoms with Gasteiger partial charge in [-0.25, -0.2) is 15.0 Å². The monoisotopic (exact) mass is 447 g/mol. The zero-order chi connectivity index (χ0) is 23.4. The van der Waals surface area contributed by atoms with Gasteiger partial charge in [0.25, 0.3) is 17.3 Å². The smallest absolute Gasteiger partial charge is 0.277 e. The SMILES string of the molecule is O=C(Nc1ccc(Oc2cc(-n3ccnc3)ncn2)cc1)c1cc([N+](=O)[O-])cc([N+](=O)[O-])c1. The number of nitro benzene ring substituents is 2. The van der Waals surface area contributed by atoms with E-state index in [0.717, 1.165) is 18.2 Å². The molecule has 0 unspecified atom stereocenters. The molecule has 4 aromatic rings. The van der Waals surface area contributed by atoms with E-state index in [4.69, 9.17) is 4.74 Å². The summed E-state index contributed by atoms with van der Waals surface area (Å²) in [6.45, 7) is 0. The Hall–Kier alpha value is -5.20. The van der Waals surface area contributed by atoms with Crippen molar-refractivity contribution in [3.05, 3.63) is 99.4 Å². The van der Waals surface area contributed by atoms with Gasteiger partial charge in [-0.05, 0) is 24.3 Å². The van der Waals surface area contributed by atoms with Gasteiger partial charge in [0, 0.05) is 36.3 Å². The Balaban J connectivity index is 1.47. The van der Waals surface area contributed by atoms with Crippen LogP contribution in [-0.4, -0.2) is 35.3 Å². The second-order valence-corrected chi connectivity index (χ2v) is 6.52. The molecule has 4 rings (SSSR count). The number of hydrogen-bond acceptors (Lipinski definition) is 9. The van der Waals surface area contributed by atoms with E-state index in [0.29, 0.717) is 17.3 Å². The molecular formula is C20H13N7O6. The van der Waals surface area contributed by atoms with Crippen LogP contribution in [0.1, 0.15) is 10.4 Å². The molecule has 0 fully saturated rings. The largest absolute Gasteiger partial charge is 0.439 e. The third-order valence-electron chi connectivity index (χ3n) is 4.32. The molecule has 2 aromatic carbocycles. The van der Waals surface area contributed by atoms with Crippen molar-refractivity contribution in [2.24, 2.45) is 0 Å². The topological polar surface area (TPSA) is 168 Å². The molecule has 0 aliphatic rings. The van der Waals surface area contributed by atoms with Gasteiger partial charge >= 0.3 is 0 Å². The number of anilines is 1. The molecule has 0 saturated carbocycles. The van der Waals surface area contributed by atoms with E-state index in [1.807, 2.05) is 0 Å². The molecule has 2 heterocycles. The number of rotatable bonds is 7. The summed E-state index contributed by atoms with van der Waals surface area (Å²) in [5.74, 6) is 0.535. The first-order valence-electron chi connectivity index (χ1n) is 9.22. The van der Waals surface area contributed by atoms with E-state index >= 15 is 0 Å². The predicted molar refractivity (Wildman–Crippen MR) is 113 cm³/mol. The zero-order valence-electron chi connectivity index (χ0n) is 16.6. The number of imidazole rings is 1. The summed E-state index contributed by atoms with van der Waals surface area (Å²) in [6.07, 6.45) is 6.26. The van der Waals surface area contributed by atoms with Gasteiger partial charge in [-0.2, -0.15) is 0 Å². The molecule has 33 heavy (non-hydrogen) atoms. The van der Waals surface area contributed by atoms with Crippen molar-refractivity contribution >= 4 is 23.0 Å². The molecular weight excluding hydrogens is 434 g/mol. The number of carbonyl (C=O) groups is 1. The zero-order valence-corrected chi connectivity index (χ0v) is 16.6. The van der Waals surface area contributed by atoms with Crippen LogP contribution < -0.4 is 10.1 Å². The normalized spacial score (nSPS) is 10.4. The number of carbonyl (C=O) groups excluding carboxylic acids is 1. The Labute approximate surface area is 184 Å². The Morgan fingerprint density at radius 2 is 1.67 bits per heavy atom. The van der Waals surface area contributed by atoms with Crippen LogP contribution in [0.25, 0.3) is 5.82 Å². The lowest BCUT2D eigenvalue weighted by Crippen LogP contribution is -2.12. The van der Waals surface area contributed by atoms with Crippen LogP contribution in [0.3, 0.4) is 0 Å². The molecule has 0 atom stereocenters. The third-order valence-corrected chi connectivity index (χ3v) is 4.32. The highest BCUT2D eigenvalue weighted by molar-refractivity contribution is 6.05. The molecule has 0 aliphatic heterocycles. The van der Waals surface area contributed by atoms with Gasteiger partial charge in [0.05, 0.1) is 21.5 Å². The first kappa shape index (κ1) is 21.0. The van der Waals surface area contributed by atoms with Crippen molar-refractivity contribution in [1.29, 1.82) is 0 Å². The first-order valence-corrected chi connectivity index (χ1v) is 9.22. The molecule has 0 radical (unpaired) electrons. The summed E-state index contributed by atoms with van der Waals surface area (Å²) in [7, 11) is 0. The van der Waals surface area contributed by atoms with Gasteiger partial charge in [-0.15, -0.1) is 0 Å². The van der Waals surface area contributed by atoms with Gasteiger partial charge in [-0.3, -0.25) is 29.6 Å². The minimum Gasteiger partial charge on any atom is -0.439 e. The average Bonchev–Trinajstić information content (AvgIpc) is 3.35. The van der Waals surface area contributed by atoms with Crippen molar-refractivity contribution in [3.8, 4) is 17.4 Å². The summed E-state index contributed by atoms with van der Waals surface area (Å²) in [5, 5.41) is 24.5. The minimum atomic E-state index is -0.804. The fraction of sp³-hybridized carbons (Fsp3) is 0. The van der Waals surface area contributed by atoms with Crippen LogP contribution in [0.5, 0.6) is 11.6 Å². The van der Waals surface area contributed by atoms with Crippen molar-refractivity contribution in [2.75, 3.05) is 5.32 Å². The van der Waals surface area contributed by atoms with Gasteiger partial charge in [0.1, 0.15) is 24.2 Å². The molecule has 13 heteroatoms. The van der Waals surface area contributed by atoms with Crippen molar-refractivity contribution in [3.63, 3.8) is 0 Å². The van der Waals surface area contributed by atoms with Crippen LogP contribution in [0.4, 0.5) is 17.1 Å². The number of non-ortho nitro benzene ring substituents is 2. The quantitative estimate of drug-likeness (QED) is 0.329. The molecule has 0 aliphatic carbocycles. The highest BCUT2D eigenvalue weighted by atomic mass is 16.6. The van der Waals surface area contributed by atoms with Crippen molar-refractivity contribution in [2.45, 2.75) is 0 Å². The predicted octanol–water partition coefficient (Wildman–Crippen LogP) is 3.52. The fourth-order valence-corrected chi connectivity index (χ4v) is 2.79. The molecule has 2 aromatic heterocycles. The molecule has 1 N–H and O–H groups in total. The number of amides is 1. The fourth-order valence-electron chi connectivity index (χ4n) is 2.79. The second kappa shape index (κ2) is 8.89. The van der Waals surface area contributed by atoms with E-state index in [1.165, 1.54) is 18.5 Å². The second-order valence-electron chi connectivity index (χ2n) is 6.52. The van der Waals surface area contributed by atoms with E-state index in [2.05, 4.69) is 20.3 Å². The molecule has 13 nitrogen and oxygen atoms in total. The number of aromatic nitrogens is 4. The summed E-state index contributed by atoms with van der Waals surface area (Å²) in [4.78, 5) is 45.0. The summed E-state index contributed by atoms with van der Waals surface area (Å²) >= 11 is 0. The summed E-state index contributed by atoms with van der Waals surface area (Å²) < 4.78 is 7.38. The highest BCUT2D eigenvalue weighted by Crippen LogP contribution is 2.25. The average molecular weight is 447 g/mol. The Kier molecular flexibility index (Phi) is 5.67. The Morgan fingerprint density at radius 3 is 2.27 bits per heavy atom. The van der Waals surface area contributed by atoms with Crippen LogP contribution in [0.15, 0.2) is 73.6 Å². The van der Waals surface area contributed by atoms with Crippen LogP contribution in [0, 0.1) is 20.2 Å². The molecule has 0 spiro atoms. The van der Waals surface area contributed by atoms with Crippen molar-refractivity contribution < 1.29 is 19.4 Å². The van der Waals surface area contributed by atoms with Crippen LogP contribution >= 0.6 is 0 Å². The van der Waals surface area contributed by atoms with Gasteiger partial charge in [0.15, 0.2) is 0 Å². The van der Waals surface area contributed by atoms with Crippen molar-refractivity contribution in [1.82, 2.24) is 19.5 Å². The lowest BCUT2D eigenvalue weighted by molar-refractivity contribution is -0.394. The Bertz CT molecular complexity index is 1310. The number of nitro groups is 2. The minimum absolute atomic E-state index is 0.218. The lowest BCUT2D eigenvalue weighted by Gasteiger charge is -2.08. The molecule has 0 bridgehead atoms. The summed E-state index contributed by atoms with van der Waals surface area (Å²) in [6, 6.07) is 10.6. The third kappa shape index (κ3) is 4.93. The van der Waals surface area contributed by atoms with Gasteiger partial charge < -0.3 is 10.1 Å². The van der Waals surface area contributed by atoms with E-state index < -0.39 is 27.1 Å². The van der Waals surface area contributed by atoms with E-state index in [9.17, 15) is 25.0 Å². The Morgan fingerprint density at radius 1 is 0.970 bits per heavy atom. The number of nitrogens with one attached hydrogen (secondary N) is 1. The molecule has 0 saturated heterocycles. The summed E-state index contributed by atoms with van der Waals surface area (Å²) in [5.41, 5.74) is -0.983. The van der Waals surface area contributed by atoms with E-state index in [-0.39, 0.29) is 11.4 Å². The maximum Gasteiger partial charge on any atom is 0.277 e.